The minimum absolute atomic E-state index is 0.0714. The normalized spacial score (nSPS) is 11.1. The fourth-order valence-electron chi connectivity index (χ4n) is 4.54. The first-order valence-electron chi connectivity index (χ1n) is 13.6. The molecule has 0 fully saturated rings. The number of amidine groups is 1. The van der Waals surface area contributed by atoms with Gasteiger partial charge in [-0.25, -0.2) is 0 Å². The molecule has 45 heavy (non-hydrogen) atoms. The molecule has 0 bridgehead atoms. The lowest BCUT2D eigenvalue weighted by Crippen LogP contribution is -2.25. The van der Waals surface area contributed by atoms with Crippen molar-refractivity contribution in [2.45, 2.75) is 25.7 Å². The Balaban J connectivity index is 1.66. The van der Waals surface area contributed by atoms with Crippen LogP contribution in [0.2, 0.25) is 5.02 Å². The zero-order chi connectivity index (χ0) is 32.7. The third-order valence-corrected chi connectivity index (χ3v) is 7.02. The van der Waals surface area contributed by atoms with E-state index in [4.69, 9.17) is 28.5 Å². The van der Waals surface area contributed by atoms with Crippen molar-refractivity contribution in [3.63, 3.8) is 0 Å². The molecule has 0 heterocycles. The topological polar surface area (TPSA) is 166 Å². The molecule has 0 aliphatic carbocycles. The van der Waals surface area contributed by atoms with Crippen molar-refractivity contribution in [3.05, 3.63) is 112 Å². The van der Waals surface area contributed by atoms with Crippen LogP contribution in [0.25, 0.3) is 11.1 Å². The number of halogens is 4. The predicted molar refractivity (Wildman–Crippen MR) is 168 cm³/mol. The summed E-state index contributed by atoms with van der Waals surface area (Å²) in [6.45, 7) is -1.13. The SMILES string of the molecule is N=C(N)c1ccc(CNC(=O)Cc2c(O)c(NCC(F)(F)F)cc(Cl)c2-c2cc(N)cc(C(=O)NCc3ccccc3)c2)cc1. The van der Waals surface area contributed by atoms with E-state index in [2.05, 4.69) is 16.0 Å². The lowest BCUT2D eigenvalue weighted by molar-refractivity contribution is -0.120. The zero-order valence-electron chi connectivity index (χ0n) is 23.8. The molecule has 0 radical (unpaired) electrons. The Hall–Kier alpha value is -5.23. The van der Waals surface area contributed by atoms with E-state index in [1.807, 2.05) is 30.3 Å². The van der Waals surface area contributed by atoms with Crippen molar-refractivity contribution in [1.29, 1.82) is 5.41 Å². The van der Waals surface area contributed by atoms with Crippen molar-refractivity contribution < 1.29 is 27.9 Å². The molecular weight excluding hydrogens is 609 g/mol. The maximum atomic E-state index is 13.1. The van der Waals surface area contributed by atoms with Gasteiger partial charge in [-0.1, -0.05) is 66.2 Å². The molecule has 13 heteroatoms. The summed E-state index contributed by atoms with van der Waals surface area (Å²) in [5, 5.41) is 26.2. The third-order valence-electron chi connectivity index (χ3n) is 6.73. The van der Waals surface area contributed by atoms with Crippen molar-refractivity contribution >= 4 is 40.6 Å². The lowest BCUT2D eigenvalue weighted by Gasteiger charge is -2.19. The molecule has 2 amide bonds. The van der Waals surface area contributed by atoms with Gasteiger partial charge in [0, 0.05) is 41.0 Å². The van der Waals surface area contributed by atoms with E-state index in [1.54, 1.807) is 24.3 Å². The molecular formula is C32H30ClF3N6O3. The number of hydrogen-bond donors (Lipinski definition) is 7. The summed E-state index contributed by atoms with van der Waals surface area (Å²) in [6, 6.07) is 21.3. The van der Waals surface area contributed by atoms with E-state index in [1.165, 1.54) is 18.2 Å². The minimum atomic E-state index is -4.59. The lowest BCUT2D eigenvalue weighted by atomic mass is 9.93. The number of nitrogens with two attached hydrogens (primary N) is 2. The van der Waals surface area contributed by atoms with Crippen molar-refractivity contribution in [2.24, 2.45) is 5.73 Å². The van der Waals surface area contributed by atoms with Gasteiger partial charge >= 0.3 is 6.18 Å². The number of carbonyl (C=O) groups excluding carboxylic acids is 2. The third kappa shape index (κ3) is 8.89. The molecule has 0 aliphatic heterocycles. The van der Waals surface area contributed by atoms with Gasteiger partial charge in [0.15, 0.2) is 0 Å². The van der Waals surface area contributed by atoms with Crippen LogP contribution in [-0.2, 0) is 24.3 Å². The predicted octanol–water partition coefficient (Wildman–Crippen LogP) is 5.34. The van der Waals surface area contributed by atoms with Crippen molar-refractivity contribution in [3.8, 4) is 16.9 Å². The smallest absolute Gasteiger partial charge is 0.405 e. The largest absolute Gasteiger partial charge is 0.505 e. The Bertz CT molecular complexity index is 1710. The summed E-state index contributed by atoms with van der Waals surface area (Å²) in [4.78, 5) is 26.1. The van der Waals surface area contributed by atoms with Crippen LogP contribution in [0.5, 0.6) is 5.75 Å². The molecule has 0 spiro atoms. The van der Waals surface area contributed by atoms with Crippen LogP contribution in [0, 0.1) is 5.41 Å². The number of rotatable bonds is 11. The molecule has 4 aromatic rings. The molecule has 0 atom stereocenters. The Morgan fingerprint density at radius 2 is 1.53 bits per heavy atom. The Labute approximate surface area is 261 Å². The van der Waals surface area contributed by atoms with Gasteiger partial charge in [0.1, 0.15) is 18.1 Å². The summed E-state index contributed by atoms with van der Waals surface area (Å²) in [5.74, 6) is -1.75. The second-order valence-corrected chi connectivity index (χ2v) is 10.6. The van der Waals surface area contributed by atoms with Crippen molar-refractivity contribution in [1.82, 2.24) is 10.6 Å². The summed E-state index contributed by atoms with van der Waals surface area (Å²) in [6.07, 6.45) is -5.07. The highest BCUT2D eigenvalue weighted by atomic mass is 35.5. The van der Waals surface area contributed by atoms with Gasteiger partial charge in [-0.15, -0.1) is 0 Å². The second-order valence-electron chi connectivity index (χ2n) is 10.2. The highest BCUT2D eigenvalue weighted by Gasteiger charge is 2.28. The molecule has 4 aromatic carbocycles. The van der Waals surface area contributed by atoms with E-state index in [-0.39, 0.29) is 57.6 Å². The Morgan fingerprint density at radius 3 is 2.18 bits per heavy atom. The fourth-order valence-corrected chi connectivity index (χ4v) is 4.87. The number of phenolic OH excluding ortho intramolecular Hbond substituents is 1. The van der Waals surface area contributed by atoms with Gasteiger partial charge < -0.3 is 32.5 Å². The molecule has 9 N–H and O–H groups in total. The van der Waals surface area contributed by atoms with E-state index in [9.17, 15) is 27.9 Å². The van der Waals surface area contributed by atoms with Crippen LogP contribution in [-0.4, -0.2) is 35.5 Å². The van der Waals surface area contributed by atoms with Crippen LogP contribution in [0.15, 0.2) is 78.9 Å². The number of nitrogen functional groups attached to an aromatic ring is 2. The number of hydrogen-bond acceptors (Lipinski definition) is 6. The number of anilines is 2. The molecule has 0 saturated carbocycles. The van der Waals surface area contributed by atoms with E-state index >= 15 is 0 Å². The van der Waals surface area contributed by atoms with Crippen LogP contribution in [0.4, 0.5) is 24.5 Å². The minimum Gasteiger partial charge on any atom is -0.505 e. The van der Waals surface area contributed by atoms with Crippen LogP contribution in [0.3, 0.4) is 0 Å². The van der Waals surface area contributed by atoms with Crippen molar-refractivity contribution in [2.75, 3.05) is 17.6 Å². The summed E-state index contributed by atoms with van der Waals surface area (Å²) in [5.41, 5.74) is 14.0. The van der Waals surface area contributed by atoms with Gasteiger partial charge in [0.05, 0.1) is 17.1 Å². The van der Waals surface area contributed by atoms with Gasteiger partial charge in [-0.2, -0.15) is 13.2 Å². The number of aromatic hydroxyl groups is 1. The van der Waals surface area contributed by atoms with Gasteiger partial charge in [-0.05, 0) is 41.0 Å². The second kappa shape index (κ2) is 14.0. The average Bonchev–Trinajstić information content (AvgIpc) is 2.99. The molecule has 0 aromatic heterocycles. The summed E-state index contributed by atoms with van der Waals surface area (Å²) >= 11 is 6.58. The summed E-state index contributed by atoms with van der Waals surface area (Å²) in [7, 11) is 0. The average molecular weight is 639 g/mol. The number of carbonyl (C=O) groups is 2. The maximum Gasteiger partial charge on any atom is 0.405 e. The first kappa shape index (κ1) is 32.7. The first-order chi connectivity index (χ1) is 21.3. The fraction of sp³-hybridized carbons (Fsp3) is 0.156. The molecule has 4 rings (SSSR count). The monoisotopic (exact) mass is 638 g/mol. The Morgan fingerprint density at radius 1 is 0.889 bits per heavy atom. The highest BCUT2D eigenvalue weighted by molar-refractivity contribution is 6.34. The number of benzene rings is 4. The number of amides is 2. The van der Waals surface area contributed by atoms with Crippen LogP contribution < -0.4 is 27.4 Å². The number of phenols is 1. The first-order valence-corrected chi connectivity index (χ1v) is 14.0. The van der Waals surface area contributed by atoms with E-state index in [0.29, 0.717) is 11.1 Å². The van der Waals surface area contributed by atoms with Gasteiger partial charge in [0.2, 0.25) is 5.91 Å². The molecule has 234 valence electrons. The van der Waals surface area contributed by atoms with E-state index < -0.39 is 36.7 Å². The van der Waals surface area contributed by atoms with Gasteiger partial charge in [-0.3, -0.25) is 15.0 Å². The molecule has 9 nitrogen and oxygen atoms in total. The zero-order valence-corrected chi connectivity index (χ0v) is 24.5. The quantitative estimate of drug-likeness (QED) is 0.0507. The maximum absolute atomic E-state index is 13.1. The van der Waals surface area contributed by atoms with Crippen LogP contribution in [0.1, 0.15) is 32.6 Å². The number of nitrogens with one attached hydrogen (secondary N) is 4. The summed E-state index contributed by atoms with van der Waals surface area (Å²) < 4.78 is 38.9. The highest BCUT2D eigenvalue weighted by Crippen LogP contribution is 2.43. The van der Waals surface area contributed by atoms with Gasteiger partial charge in [0.25, 0.3) is 5.91 Å². The standard InChI is InChI=1S/C32H30ClF3N6O3/c33-25-14-26(42-17-32(34,35)36)29(44)24(13-27(43)40-15-19-6-8-20(9-7-19)30(38)39)28(25)21-10-22(12-23(37)11-21)31(45)41-16-18-4-2-1-3-5-18/h1-12,14,42,44H,13,15-17,37H2,(H3,38,39)(H,40,43)(H,41,45). The van der Waals surface area contributed by atoms with Crippen LogP contribution >= 0.6 is 11.6 Å². The molecule has 0 aliphatic rings. The Kier molecular flexibility index (Phi) is 10.2. The number of alkyl halides is 3. The van der Waals surface area contributed by atoms with E-state index in [0.717, 1.165) is 11.6 Å². The molecule has 0 unspecified atom stereocenters. The molecule has 0 saturated heterocycles.